The van der Waals surface area contributed by atoms with Crippen LogP contribution in [0, 0.1) is 0 Å². The van der Waals surface area contributed by atoms with Crippen LogP contribution in [0.2, 0.25) is 5.02 Å². The maximum atomic E-state index is 14.1. The fourth-order valence-corrected chi connectivity index (χ4v) is 4.85. The van der Waals surface area contributed by atoms with E-state index < -0.39 is 0 Å². The minimum atomic E-state index is -0.294. The summed E-state index contributed by atoms with van der Waals surface area (Å²) in [6.07, 6.45) is 3.35. The van der Waals surface area contributed by atoms with E-state index in [4.69, 9.17) is 16.6 Å². The molecule has 176 valence electrons. The van der Waals surface area contributed by atoms with Crippen molar-refractivity contribution in [3.63, 3.8) is 0 Å². The van der Waals surface area contributed by atoms with Crippen molar-refractivity contribution in [1.82, 2.24) is 9.55 Å². The molecule has 0 amide bonds. The van der Waals surface area contributed by atoms with E-state index in [-0.39, 0.29) is 11.0 Å². The summed E-state index contributed by atoms with van der Waals surface area (Å²) < 4.78 is 1.70. The van der Waals surface area contributed by atoms with Gasteiger partial charge < -0.3 is 0 Å². The molecule has 0 radical (unpaired) electrons. The Kier molecular flexibility index (Phi) is 6.27. The molecule has 0 bridgehead atoms. The first-order chi connectivity index (χ1) is 17.0. The second kappa shape index (κ2) is 9.51. The van der Waals surface area contributed by atoms with Crippen LogP contribution in [0.15, 0.2) is 88.8 Å². The van der Waals surface area contributed by atoms with E-state index in [9.17, 15) is 4.79 Å². The van der Waals surface area contributed by atoms with E-state index in [0.29, 0.717) is 17.5 Å². The van der Waals surface area contributed by atoms with E-state index in [1.54, 1.807) is 10.8 Å². The first-order valence-corrected chi connectivity index (χ1v) is 12.2. The highest BCUT2D eigenvalue weighted by Gasteiger charge is 2.38. The van der Waals surface area contributed by atoms with E-state index >= 15 is 0 Å². The fraction of sp³-hybridized carbons (Fsp3) is 0.207. The molecular weight excluding hydrogens is 456 g/mol. The number of fused-ring (bicyclic) bond motifs is 3. The molecule has 1 unspecified atom stereocenters. The molecule has 5 nitrogen and oxygen atoms in total. The molecule has 0 aliphatic heterocycles. The van der Waals surface area contributed by atoms with Gasteiger partial charge in [0.25, 0.3) is 5.56 Å². The number of nitrogens with one attached hydrogen (secondary N) is 1. The summed E-state index contributed by atoms with van der Waals surface area (Å²) in [4.78, 5) is 19.1. The van der Waals surface area contributed by atoms with Crippen LogP contribution in [-0.4, -0.2) is 15.8 Å². The molecule has 1 N–H and O–H groups in total. The standard InChI is InChI=1S/C29H27ClN4O/c1-3-29(2)17-22-11-7-8-12-24(22)26-25(29)27(35)34(19-21-9-5-4-6-10-21)28(32-26)33-31-18-20-13-15-23(30)16-14-20/h4-16,18H,3,17,19H2,1-2H3,(H,32,33)/b31-18+. The van der Waals surface area contributed by atoms with Crippen molar-refractivity contribution >= 4 is 23.8 Å². The Morgan fingerprint density at radius 3 is 2.51 bits per heavy atom. The van der Waals surface area contributed by atoms with Gasteiger partial charge in [0.1, 0.15) is 0 Å². The Bertz CT molecular complexity index is 1440. The molecular formula is C29H27ClN4O. The third-order valence-electron chi connectivity index (χ3n) is 6.84. The summed E-state index contributed by atoms with van der Waals surface area (Å²) in [5.74, 6) is 0.415. The van der Waals surface area contributed by atoms with E-state index in [2.05, 4.69) is 36.5 Å². The topological polar surface area (TPSA) is 59.3 Å². The van der Waals surface area contributed by atoms with Gasteiger partial charge in [-0.2, -0.15) is 5.10 Å². The SMILES string of the molecule is CCC1(C)Cc2ccccc2-c2nc(N/N=C/c3ccc(Cl)cc3)n(Cc3ccccc3)c(=O)c21. The van der Waals surface area contributed by atoms with Gasteiger partial charge in [0, 0.05) is 16.0 Å². The lowest BCUT2D eigenvalue weighted by Crippen LogP contribution is -2.40. The van der Waals surface area contributed by atoms with Crippen LogP contribution in [0.3, 0.4) is 0 Å². The van der Waals surface area contributed by atoms with E-state index in [1.165, 1.54) is 5.56 Å². The number of hydrazone groups is 1. The number of rotatable bonds is 6. The van der Waals surface area contributed by atoms with Crippen molar-refractivity contribution in [2.75, 3.05) is 5.43 Å². The van der Waals surface area contributed by atoms with Gasteiger partial charge in [-0.1, -0.05) is 92.2 Å². The lowest BCUT2D eigenvalue weighted by molar-refractivity contribution is 0.436. The Morgan fingerprint density at radius 2 is 1.77 bits per heavy atom. The van der Waals surface area contributed by atoms with Crippen LogP contribution in [-0.2, 0) is 18.4 Å². The maximum absolute atomic E-state index is 14.1. The number of aromatic nitrogens is 2. The highest BCUT2D eigenvalue weighted by atomic mass is 35.5. The lowest BCUT2D eigenvalue weighted by atomic mass is 9.69. The molecule has 0 fully saturated rings. The molecule has 1 aromatic heterocycles. The quantitative estimate of drug-likeness (QED) is 0.260. The number of nitrogens with zero attached hydrogens (tertiary/aromatic N) is 3. The summed E-state index contributed by atoms with van der Waals surface area (Å²) in [6, 6.07) is 25.6. The Balaban J connectivity index is 1.65. The third kappa shape index (κ3) is 4.52. The zero-order chi connectivity index (χ0) is 24.4. The molecule has 3 aromatic carbocycles. The zero-order valence-electron chi connectivity index (χ0n) is 19.8. The average Bonchev–Trinajstić information content (AvgIpc) is 2.87. The minimum absolute atomic E-state index is 0.0260. The third-order valence-corrected chi connectivity index (χ3v) is 7.09. The van der Waals surface area contributed by atoms with Gasteiger partial charge in [-0.15, -0.1) is 0 Å². The van der Waals surface area contributed by atoms with Gasteiger partial charge in [0.15, 0.2) is 0 Å². The molecule has 1 aliphatic rings. The van der Waals surface area contributed by atoms with Gasteiger partial charge in [-0.3, -0.25) is 9.36 Å². The molecule has 0 saturated heterocycles. The first kappa shape index (κ1) is 23.1. The Hall–Kier alpha value is -3.70. The molecule has 5 rings (SSSR count). The van der Waals surface area contributed by atoms with E-state index in [1.807, 2.05) is 66.7 Å². The highest BCUT2D eigenvalue weighted by molar-refractivity contribution is 6.30. The lowest BCUT2D eigenvalue weighted by Gasteiger charge is -2.35. The summed E-state index contributed by atoms with van der Waals surface area (Å²) >= 11 is 5.99. The van der Waals surface area contributed by atoms with Crippen LogP contribution in [0.25, 0.3) is 11.3 Å². The number of benzene rings is 3. The van der Waals surface area contributed by atoms with Crippen molar-refractivity contribution in [2.24, 2.45) is 5.10 Å². The molecule has 6 heteroatoms. The summed E-state index contributed by atoms with van der Waals surface area (Å²) in [6.45, 7) is 4.71. The van der Waals surface area contributed by atoms with E-state index in [0.717, 1.165) is 40.8 Å². The molecule has 4 aromatic rings. The normalized spacial score (nSPS) is 16.7. The van der Waals surface area contributed by atoms with Gasteiger partial charge in [0.2, 0.25) is 5.95 Å². The predicted molar refractivity (Wildman–Crippen MR) is 143 cm³/mol. The van der Waals surface area contributed by atoms with Crippen LogP contribution in [0.5, 0.6) is 0 Å². The van der Waals surface area contributed by atoms with Gasteiger partial charge in [-0.05, 0) is 41.7 Å². The maximum Gasteiger partial charge on any atom is 0.259 e. The fourth-order valence-electron chi connectivity index (χ4n) is 4.72. The number of hydrogen-bond acceptors (Lipinski definition) is 4. The molecule has 1 aliphatic carbocycles. The molecule has 35 heavy (non-hydrogen) atoms. The predicted octanol–water partition coefficient (Wildman–Crippen LogP) is 6.28. The molecule has 1 heterocycles. The average molecular weight is 483 g/mol. The molecule has 0 saturated carbocycles. The summed E-state index contributed by atoms with van der Waals surface area (Å²) in [5.41, 5.74) is 8.40. The van der Waals surface area contributed by atoms with Gasteiger partial charge >= 0.3 is 0 Å². The van der Waals surface area contributed by atoms with Crippen molar-refractivity contribution in [2.45, 2.75) is 38.6 Å². The van der Waals surface area contributed by atoms with Crippen LogP contribution < -0.4 is 11.0 Å². The number of halogens is 1. The van der Waals surface area contributed by atoms with Crippen molar-refractivity contribution < 1.29 is 0 Å². The van der Waals surface area contributed by atoms with Crippen LogP contribution in [0.1, 0.15) is 42.5 Å². The monoisotopic (exact) mass is 482 g/mol. The van der Waals surface area contributed by atoms with Crippen LogP contribution >= 0.6 is 11.6 Å². The van der Waals surface area contributed by atoms with Crippen molar-refractivity contribution in [3.8, 4) is 11.3 Å². The van der Waals surface area contributed by atoms with Crippen LogP contribution in [0.4, 0.5) is 5.95 Å². The first-order valence-electron chi connectivity index (χ1n) is 11.8. The largest absolute Gasteiger partial charge is 0.273 e. The molecule has 1 atom stereocenters. The molecule has 0 spiro atoms. The smallest absolute Gasteiger partial charge is 0.259 e. The second-order valence-corrected chi connectivity index (χ2v) is 9.64. The Morgan fingerprint density at radius 1 is 1.06 bits per heavy atom. The van der Waals surface area contributed by atoms with Gasteiger partial charge in [0.05, 0.1) is 24.0 Å². The Labute approximate surface area is 210 Å². The zero-order valence-corrected chi connectivity index (χ0v) is 20.6. The van der Waals surface area contributed by atoms with Gasteiger partial charge in [-0.25, -0.2) is 10.4 Å². The minimum Gasteiger partial charge on any atom is -0.273 e. The summed E-state index contributed by atoms with van der Waals surface area (Å²) in [7, 11) is 0. The number of anilines is 1. The van der Waals surface area contributed by atoms with Crippen molar-refractivity contribution in [3.05, 3.63) is 116 Å². The summed E-state index contributed by atoms with van der Waals surface area (Å²) in [5, 5.41) is 5.07. The number of hydrogen-bond donors (Lipinski definition) is 1. The second-order valence-electron chi connectivity index (χ2n) is 9.21. The highest BCUT2D eigenvalue weighted by Crippen LogP contribution is 2.42. The van der Waals surface area contributed by atoms with Crippen molar-refractivity contribution in [1.29, 1.82) is 0 Å².